The van der Waals surface area contributed by atoms with Crippen LogP contribution < -0.4 is 10.2 Å². The van der Waals surface area contributed by atoms with Gasteiger partial charge < -0.3 is 20.2 Å². The highest BCUT2D eigenvalue weighted by atomic mass is 32.2. The summed E-state index contributed by atoms with van der Waals surface area (Å²) in [5.74, 6) is -0.231. The molecule has 300 valence electrons. The minimum absolute atomic E-state index is 0.104. The number of nitrogens with one attached hydrogen (secondary N) is 1. The van der Waals surface area contributed by atoms with Gasteiger partial charge in [0.25, 0.3) is 0 Å². The van der Waals surface area contributed by atoms with Crippen molar-refractivity contribution in [1.82, 2.24) is 30.0 Å². The normalized spacial score (nSPS) is 23.4. The Morgan fingerprint density at radius 1 is 0.821 bits per heavy atom. The number of aromatic carboxylic acids is 1. The number of carbonyl (C=O) groups is 2. The molecule has 2 fully saturated rings. The Kier molecular flexibility index (Phi) is 11.0. The van der Waals surface area contributed by atoms with E-state index in [1.165, 1.54) is 15.9 Å². The molecule has 1 aliphatic carbocycles. The first-order chi connectivity index (χ1) is 26.5. The fourth-order valence-corrected chi connectivity index (χ4v) is 11.1. The van der Waals surface area contributed by atoms with E-state index in [9.17, 15) is 31.5 Å². The average Bonchev–Trinajstić information content (AvgIpc) is 3.63. The maximum Gasteiger partial charge on any atom is 0.335 e. The van der Waals surface area contributed by atoms with Gasteiger partial charge in [0.05, 0.1) is 35.1 Å². The van der Waals surface area contributed by atoms with Gasteiger partial charge in [0.2, 0.25) is 11.7 Å². The average molecular weight is 807 g/mol. The first-order valence-electron chi connectivity index (χ1n) is 19.1. The molecule has 2 aromatic carbocycles. The number of sulfone groups is 2. The molecule has 1 aromatic heterocycles. The van der Waals surface area contributed by atoms with Crippen LogP contribution in [0, 0.1) is 10.8 Å². The van der Waals surface area contributed by atoms with Crippen LogP contribution in [0.3, 0.4) is 0 Å². The van der Waals surface area contributed by atoms with Crippen molar-refractivity contribution in [2.75, 3.05) is 85.6 Å². The van der Waals surface area contributed by atoms with Crippen molar-refractivity contribution in [3.8, 4) is 11.4 Å². The number of tetrazole rings is 1. The zero-order valence-electron chi connectivity index (χ0n) is 32.1. The van der Waals surface area contributed by atoms with E-state index in [2.05, 4.69) is 63.5 Å². The second-order valence-corrected chi connectivity index (χ2v) is 20.8. The number of fused-ring (bicyclic) bond motifs is 1. The Balaban J connectivity index is 1.11. The molecule has 4 aliphatic rings. The topological polar surface area (TPSA) is 188 Å². The molecule has 15 nitrogen and oxygen atoms in total. The summed E-state index contributed by atoms with van der Waals surface area (Å²) in [5.41, 5.74) is 5.42. The van der Waals surface area contributed by atoms with Gasteiger partial charge in [0, 0.05) is 86.5 Å². The molecule has 17 heteroatoms. The molecule has 7 rings (SSSR count). The molecule has 56 heavy (non-hydrogen) atoms. The molecule has 0 unspecified atom stereocenters. The third-order valence-electron chi connectivity index (χ3n) is 11.7. The van der Waals surface area contributed by atoms with E-state index in [-0.39, 0.29) is 51.7 Å². The molecule has 2 saturated heterocycles. The third kappa shape index (κ3) is 8.90. The largest absolute Gasteiger partial charge is 0.478 e. The predicted molar refractivity (Wildman–Crippen MR) is 215 cm³/mol. The summed E-state index contributed by atoms with van der Waals surface area (Å²) < 4.78 is 47.5. The van der Waals surface area contributed by atoms with Gasteiger partial charge in [-0.25, -0.2) is 21.6 Å². The summed E-state index contributed by atoms with van der Waals surface area (Å²) in [6, 6.07) is 12.9. The standard InChI is InChI=1S/C39H50N8O7S2/c1-38(2)33(28-4-6-29(7-5-28)37(49)50)8-11-39(3)27-46(13-9-34(38)39)32-25-30(36-41-43-47(42-36)15-14-45-18-22-56(53,54)23-19-45)24-31(26-32)40-35(48)10-12-44-16-20-55(51,52)21-17-44/h4-9,24-26H,10-23,27H2,1-3H3,(H,40,48)(H,49,50)/t39-/m1/s1. The number of amides is 1. The lowest BCUT2D eigenvalue weighted by atomic mass is 9.58. The van der Waals surface area contributed by atoms with Crippen LogP contribution in [-0.2, 0) is 31.0 Å². The molecule has 4 heterocycles. The van der Waals surface area contributed by atoms with Crippen LogP contribution >= 0.6 is 0 Å². The number of hydrogen-bond donors (Lipinski definition) is 2. The number of carboxylic acid groups (broad SMARTS) is 1. The van der Waals surface area contributed by atoms with Crippen LogP contribution in [0.2, 0.25) is 0 Å². The van der Waals surface area contributed by atoms with Crippen molar-refractivity contribution < 1.29 is 31.5 Å². The van der Waals surface area contributed by atoms with Gasteiger partial charge >= 0.3 is 5.97 Å². The van der Waals surface area contributed by atoms with Crippen molar-refractivity contribution in [2.45, 2.75) is 40.2 Å². The second-order valence-electron chi connectivity index (χ2n) is 16.2. The molecule has 3 aromatic rings. The number of carbonyl (C=O) groups excluding carboxylic acids is 1. The number of hydrogen-bond acceptors (Lipinski definition) is 12. The molecule has 0 radical (unpaired) electrons. The van der Waals surface area contributed by atoms with Crippen LogP contribution in [0.4, 0.5) is 11.4 Å². The molecular weight excluding hydrogens is 757 g/mol. The van der Waals surface area contributed by atoms with Gasteiger partial charge in [-0.3, -0.25) is 9.69 Å². The monoisotopic (exact) mass is 806 g/mol. The van der Waals surface area contributed by atoms with Crippen molar-refractivity contribution in [2.24, 2.45) is 10.8 Å². The van der Waals surface area contributed by atoms with Crippen molar-refractivity contribution in [3.63, 3.8) is 0 Å². The van der Waals surface area contributed by atoms with E-state index < -0.39 is 25.6 Å². The lowest BCUT2D eigenvalue weighted by Gasteiger charge is -2.51. The molecule has 1 atom stereocenters. The lowest BCUT2D eigenvalue weighted by Crippen LogP contribution is -2.47. The lowest BCUT2D eigenvalue weighted by molar-refractivity contribution is -0.116. The first-order valence-corrected chi connectivity index (χ1v) is 22.7. The second kappa shape index (κ2) is 15.5. The van der Waals surface area contributed by atoms with E-state index in [1.54, 1.807) is 12.1 Å². The zero-order chi connectivity index (χ0) is 39.9. The van der Waals surface area contributed by atoms with Crippen LogP contribution in [0.15, 0.2) is 60.2 Å². The highest BCUT2D eigenvalue weighted by molar-refractivity contribution is 7.91. The maximum atomic E-state index is 13.3. The van der Waals surface area contributed by atoms with Crippen LogP contribution in [0.5, 0.6) is 0 Å². The molecule has 1 amide bonds. The number of anilines is 2. The number of benzene rings is 2. The summed E-state index contributed by atoms with van der Waals surface area (Å²) in [6.45, 7) is 11.3. The van der Waals surface area contributed by atoms with Gasteiger partial charge in [0.15, 0.2) is 19.7 Å². The van der Waals surface area contributed by atoms with Gasteiger partial charge in [-0.05, 0) is 53.1 Å². The number of carboxylic acids is 1. The first kappa shape index (κ1) is 39.8. The van der Waals surface area contributed by atoms with Gasteiger partial charge in [-0.15, -0.1) is 10.2 Å². The molecule has 3 aliphatic heterocycles. The molecule has 0 spiro atoms. The van der Waals surface area contributed by atoms with E-state index in [4.69, 9.17) is 0 Å². The summed E-state index contributed by atoms with van der Waals surface area (Å²) in [5, 5.41) is 25.8. The molecule has 2 N–H and O–H groups in total. The highest BCUT2D eigenvalue weighted by Gasteiger charge is 2.46. The Morgan fingerprint density at radius 2 is 1.46 bits per heavy atom. The third-order valence-corrected chi connectivity index (χ3v) is 14.9. The summed E-state index contributed by atoms with van der Waals surface area (Å²) in [4.78, 5) is 32.7. The Labute approximate surface area is 328 Å². The quantitative estimate of drug-likeness (QED) is 0.270. The summed E-state index contributed by atoms with van der Waals surface area (Å²) >= 11 is 0. The summed E-state index contributed by atoms with van der Waals surface area (Å²) in [6.07, 6.45) is 5.57. The summed E-state index contributed by atoms with van der Waals surface area (Å²) in [7, 11) is -5.99. The molecule has 0 bridgehead atoms. The van der Waals surface area contributed by atoms with E-state index in [1.807, 2.05) is 35.2 Å². The SMILES string of the molecule is CC1(C)C(c2ccc(C(=O)O)cc2)=CC[C@]2(C)CN(c3cc(NC(=O)CCN4CCS(=O)(=O)CC4)cc(-c4nnn(CCN5CCS(=O)(=O)CC5)n4)c3)CC=C12. The fraction of sp³-hybridized carbons (Fsp3) is 0.513. The zero-order valence-corrected chi connectivity index (χ0v) is 33.8. The van der Waals surface area contributed by atoms with Gasteiger partial charge in [-0.1, -0.05) is 50.6 Å². The highest BCUT2D eigenvalue weighted by Crippen LogP contribution is 2.55. The van der Waals surface area contributed by atoms with E-state index in [0.717, 1.165) is 17.7 Å². The number of aromatic nitrogens is 4. The number of rotatable bonds is 11. The maximum absolute atomic E-state index is 13.3. The Morgan fingerprint density at radius 3 is 2.11 bits per heavy atom. The van der Waals surface area contributed by atoms with E-state index in [0.29, 0.717) is 76.0 Å². The van der Waals surface area contributed by atoms with Gasteiger partial charge in [-0.2, -0.15) is 4.80 Å². The van der Waals surface area contributed by atoms with Crippen molar-refractivity contribution in [3.05, 3.63) is 71.3 Å². The van der Waals surface area contributed by atoms with Crippen LogP contribution in [-0.4, -0.2) is 139 Å². The van der Waals surface area contributed by atoms with E-state index >= 15 is 0 Å². The van der Waals surface area contributed by atoms with Gasteiger partial charge in [0.1, 0.15) is 0 Å². The van der Waals surface area contributed by atoms with Crippen LogP contribution in [0.25, 0.3) is 17.0 Å². The van der Waals surface area contributed by atoms with Crippen molar-refractivity contribution >= 4 is 48.5 Å². The smallest absolute Gasteiger partial charge is 0.335 e. The van der Waals surface area contributed by atoms with Crippen molar-refractivity contribution in [1.29, 1.82) is 0 Å². The Hall–Kier alpha value is -4.45. The molecular formula is C39H50N8O7S2. The minimum Gasteiger partial charge on any atom is -0.478 e. The number of allylic oxidation sites excluding steroid dienone is 2. The minimum atomic E-state index is -3.01. The Bertz CT molecular complexity index is 2260. The fourth-order valence-electron chi connectivity index (χ4n) is 8.51. The predicted octanol–water partition coefficient (Wildman–Crippen LogP) is 3.09. The molecule has 0 saturated carbocycles. The van der Waals surface area contributed by atoms with Crippen LogP contribution in [0.1, 0.15) is 49.5 Å². The number of nitrogens with zero attached hydrogens (tertiary/aromatic N) is 7.